The van der Waals surface area contributed by atoms with Gasteiger partial charge in [-0.3, -0.25) is 14.2 Å². The molecular formula is C50H92NO8P. The first-order valence-electron chi connectivity index (χ1n) is 24.3. The van der Waals surface area contributed by atoms with E-state index >= 15 is 0 Å². The summed E-state index contributed by atoms with van der Waals surface area (Å²) < 4.78 is 34.0. The van der Waals surface area contributed by atoms with E-state index in [1.807, 2.05) is 21.1 Å². The molecule has 0 spiro atoms. The zero-order chi connectivity index (χ0) is 44.3. The van der Waals surface area contributed by atoms with Gasteiger partial charge in [0, 0.05) is 12.8 Å². The second kappa shape index (κ2) is 42.3. The summed E-state index contributed by atoms with van der Waals surface area (Å²) in [5, 5.41) is 0. The number of allylic oxidation sites excluding steroid dienone is 8. The first kappa shape index (κ1) is 58.0. The molecule has 0 aromatic heterocycles. The van der Waals surface area contributed by atoms with E-state index in [0.717, 1.165) is 70.6 Å². The smallest absolute Gasteiger partial charge is 0.306 e. The molecule has 0 radical (unpaired) electrons. The van der Waals surface area contributed by atoms with Crippen LogP contribution in [0.5, 0.6) is 0 Å². The van der Waals surface area contributed by atoms with Crippen LogP contribution in [0.2, 0.25) is 0 Å². The molecule has 0 aromatic rings. The molecule has 0 aliphatic rings. The van der Waals surface area contributed by atoms with Crippen molar-refractivity contribution in [2.75, 3.05) is 47.5 Å². The Morgan fingerprint density at radius 2 is 0.950 bits per heavy atom. The third-order valence-electron chi connectivity index (χ3n) is 10.3. The lowest BCUT2D eigenvalue weighted by Crippen LogP contribution is -2.37. The molecule has 0 saturated carbocycles. The van der Waals surface area contributed by atoms with Crippen LogP contribution in [0, 0.1) is 0 Å². The number of phosphoric acid groups is 1. The number of hydrogen-bond donors (Lipinski definition) is 0. The molecule has 0 rings (SSSR count). The van der Waals surface area contributed by atoms with Crippen molar-refractivity contribution in [3.05, 3.63) is 48.6 Å². The number of nitrogens with zero attached hydrogens (tertiary/aromatic N) is 1. The van der Waals surface area contributed by atoms with E-state index in [4.69, 9.17) is 18.5 Å². The van der Waals surface area contributed by atoms with Crippen LogP contribution in [0.1, 0.15) is 206 Å². The highest BCUT2D eigenvalue weighted by Gasteiger charge is 2.21. The van der Waals surface area contributed by atoms with Crippen molar-refractivity contribution >= 4 is 19.8 Å². The fourth-order valence-corrected chi connectivity index (χ4v) is 7.27. The zero-order valence-corrected chi connectivity index (χ0v) is 40.3. The lowest BCUT2D eigenvalue weighted by Gasteiger charge is -2.28. The van der Waals surface area contributed by atoms with E-state index in [-0.39, 0.29) is 32.0 Å². The first-order chi connectivity index (χ1) is 29.0. The number of carbonyl (C=O) groups is 2. The standard InChI is InChI=1S/C50H92NO8P/c1-6-8-10-12-14-16-18-20-22-23-24-25-26-27-29-30-32-34-36-38-40-42-49(52)56-46-48(47-58-60(54,55)57-45-44-51(3,4)5)59-50(53)43-41-39-37-35-33-31-28-21-19-17-15-13-11-9-7-2/h9,11,15,17,20-22,28,48H,6-8,10,12-14,16,18-19,23-27,29-47H2,1-5H3/b11-9-,17-15-,22-20-,28-21-/t48-/m1/s1. The highest BCUT2D eigenvalue weighted by atomic mass is 31.2. The molecule has 350 valence electrons. The molecular weight excluding hydrogens is 774 g/mol. The zero-order valence-electron chi connectivity index (χ0n) is 39.4. The van der Waals surface area contributed by atoms with Gasteiger partial charge in [0.25, 0.3) is 7.82 Å². The van der Waals surface area contributed by atoms with Gasteiger partial charge >= 0.3 is 11.9 Å². The minimum absolute atomic E-state index is 0.0355. The summed E-state index contributed by atoms with van der Waals surface area (Å²) in [7, 11) is 1.15. The van der Waals surface area contributed by atoms with Crippen molar-refractivity contribution in [3.63, 3.8) is 0 Å². The largest absolute Gasteiger partial charge is 0.756 e. The molecule has 0 heterocycles. The number of phosphoric ester groups is 1. The normalized spacial score (nSPS) is 13.9. The van der Waals surface area contributed by atoms with Gasteiger partial charge in [0.1, 0.15) is 19.8 Å². The third-order valence-corrected chi connectivity index (χ3v) is 11.3. The van der Waals surface area contributed by atoms with Gasteiger partial charge in [-0.15, -0.1) is 0 Å². The Morgan fingerprint density at radius 1 is 0.533 bits per heavy atom. The fraction of sp³-hybridized carbons (Fsp3) is 0.800. The summed E-state index contributed by atoms with van der Waals surface area (Å²) in [4.78, 5) is 37.6. The number of likely N-dealkylation sites (N-methyl/N-ethyl adjacent to an activating group) is 1. The maximum Gasteiger partial charge on any atom is 0.306 e. The number of carbonyl (C=O) groups excluding carboxylic acids is 2. The molecule has 10 heteroatoms. The molecule has 60 heavy (non-hydrogen) atoms. The molecule has 0 aliphatic heterocycles. The predicted octanol–water partition coefficient (Wildman–Crippen LogP) is 13.6. The Hall–Kier alpha value is -2.03. The van der Waals surface area contributed by atoms with Crippen LogP contribution in [0.25, 0.3) is 0 Å². The van der Waals surface area contributed by atoms with Gasteiger partial charge in [-0.25, -0.2) is 0 Å². The molecule has 0 fully saturated rings. The quantitative estimate of drug-likeness (QED) is 0.0196. The molecule has 0 aliphatic carbocycles. The summed E-state index contributed by atoms with van der Waals surface area (Å²) in [6.07, 6.45) is 50.0. The minimum Gasteiger partial charge on any atom is -0.756 e. The monoisotopic (exact) mass is 866 g/mol. The van der Waals surface area contributed by atoms with Gasteiger partial charge in [-0.05, 0) is 70.6 Å². The molecule has 0 saturated heterocycles. The lowest BCUT2D eigenvalue weighted by atomic mass is 10.0. The van der Waals surface area contributed by atoms with Crippen LogP contribution in [0.3, 0.4) is 0 Å². The van der Waals surface area contributed by atoms with E-state index in [9.17, 15) is 19.0 Å². The number of quaternary nitrogens is 1. The van der Waals surface area contributed by atoms with Gasteiger partial charge in [-0.1, -0.05) is 172 Å². The summed E-state index contributed by atoms with van der Waals surface area (Å²) in [5.41, 5.74) is 0. The van der Waals surface area contributed by atoms with Crippen LogP contribution < -0.4 is 4.89 Å². The fourth-order valence-electron chi connectivity index (χ4n) is 6.55. The average molecular weight is 866 g/mol. The van der Waals surface area contributed by atoms with Crippen LogP contribution in [-0.4, -0.2) is 70.0 Å². The second-order valence-electron chi connectivity index (χ2n) is 17.4. The van der Waals surface area contributed by atoms with E-state index in [1.165, 1.54) is 103 Å². The number of ether oxygens (including phenoxy) is 2. The van der Waals surface area contributed by atoms with Crippen LogP contribution in [0.15, 0.2) is 48.6 Å². The van der Waals surface area contributed by atoms with Gasteiger partial charge in [0.05, 0.1) is 27.7 Å². The Balaban J connectivity index is 4.27. The third kappa shape index (κ3) is 45.5. The maximum atomic E-state index is 12.7. The highest BCUT2D eigenvalue weighted by molar-refractivity contribution is 7.45. The predicted molar refractivity (Wildman–Crippen MR) is 250 cm³/mol. The Bertz CT molecular complexity index is 1160. The molecule has 2 atom stereocenters. The van der Waals surface area contributed by atoms with Gasteiger partial charge in [0.15, 0.2) is 6.10 Å². The molecule has 1 unspecified atom stereocenters. The molecule has 0 N–H and O–H groups in total. The Kier molecular flexibility index (Phi) is 40.8. The number of esters is 2. The molecule has 0 aromatic carbocycles. The van der Waals surface area contributed by atoms with Crippen LogP contribution in [-0.2, 0) is 32.7 Å². The summed E-state index contributed by atoms with van der Waals surface area (Å²) >= 11 is 0. The number of hydrogen-bond acceptors (Lipinski definition) is 8. The summed E-state index contributed by atoms with van der Waals surface area (Å²) in [6.45, 7) is 4.10. The average Bonchev–Trinajstić information content (AvgIpc) is 3.20. The molecule has 9 nitrogen and oxygen atoms in total. The Morgan fingerprint density at radius 3 is 1.43 bits per heavy atom. The van der Waals surface area contributed by atoms with Crippen molar-refractivity contribution in [2.24, 2.45) is 0 Å². The van der Waals surface area contributed by atoms with E-state index in [1.54, 1.807) is 0 Å². The van der Waals surface area contributed by atoms with E-state index in [2.05, 4.69) is 62.5 Å². The maximum absolute atomic E-state index is 12.7. The lowest BCUT2D eigenvalue weighted by molar-refractivity contribution is -0.870. The van der Waals surface area contributed by atoms with Gasteiger partial charge in [-0.2, -0.15) is 0 Å². The van der Waals surface area contributed by atoms with Crippen molar-refractivity contribution in [3.8, 4) is 0 Å². The van der Waals surface area contributed by atoms with E-state index < -0.39 is 26.5 Å². The second-order valence-corrected chi connectivity index (χ2v) is 18.9. The SMILES string of the molecule is CC/C=C\C/C=C\C/C=C\CCCCCCCC(=O)O[C@H](COC(=O)CCCCCCCCCCCCC/C=C\CCCCCCCC)COP(=O)([O-])OCC[N+](C)(C)C. The molecule has 0 amide bonds. The summed E-state index contributed by atoms with van der Waals surface area (Å²) in [6, 6.07) is 0. The highest BCUT2D eigenvalue weighted by Crippen LogP contribution is 2.38. The van der Waals surface area contributed by atoms with Crippen LogP contribution >= 0.6 is 7.82 Å². The number of rotatable bonds is 44. The van der Waals surface area contributed by atoms with Crippen molar-refractivity contribution in [1.29, 1.82) is 0 Å². The van der Waals surface area contributed by atoms with E-state index in [0.29, 0.717) is 17.4 Å². The van der Waals surface area contributed by atoms with Crippen LogP contribution in [0.4, 0.5) is 0 Å². The Labute approximate surface area is 369 Å². The minimum atomic E-state index is -4.63. The molecule has 0 bridgehead atoms. The summed E-state index contributed by atoms with van der Waals surface area (Å²) in [5.74, 6) is -0.853. The van der Waals surface area contributed by atoms with Crippen molar-refractivity contribution in [1.82, 2.24) is 0 Å². The topological polar surface area (TPSA) is 111 Å². The van der Waals surface area contributed by atoms with Gasteiger partial charge < -0.3 is 27.9 Å². The van der Waals surface area contributed by atoms with Gasteiger partial charge in [0.2, 0.25) is 0 Å². The van der Waals surface area contributed by atoms with Crippen molar-refractivity contribution < 1.29 is 42.1 Å². The first-order valence-corrected chi connectivity index (χ1v) is 25.8. The number of unbranched alkanes of at least 4 members (excludes halogenated alkanes) is 22. The van der Waals surface area contributed by atoms with Crippen molar-refractivity contribution in [2.45, 2.75) is 213 Å².